The summed E-state index contributed by atoms with van der Waals surface area (Å²) < 4.78 is 11.2. The van der Waals surface area contributed by atoms with Crippen molar-refractivity contribution in [3.8, 4) is 0 Å². The van der Waals surface area contributed by atoms with Crippen LogP contribution in [0.25, 0.3) is 0 Å². The highest BCUT2D eigenvalue weighted by molar-refractivity contribution is 4.62. The SMILES string of the molecule is CCC(C)NCCOCC1CCCCO1. The van der Waals surface area contributed by atoms with Gasteiger partial charge < -0.3 is 14.8 Å². The van der Waals surface area contributed by atoms with Gasteiger partial charge >= 0.3 is 0 Å². The second-order valence-corrected chi connectivity index (χ2v) is 4.33. The van der Waals surface area contributed by atoms with E-state index < -0.39 is 0 Å². The average molecular weight is 215 g/mol. The maximum absolute atomic E-state index is 5.58. The fraction of sp³-hybridized carbons (Fsp3) is 1.00. The minimum atomic E-state index is 0.349. The van der Waals surface area contributed by atoms with E-state index in [0.29, 0.717) is 12.1 Å². The molecule has 0 amide bonds. The zero-order chi connectivity index (χ0) is 10.9. The van der Waals surface area contributed by atoms with Crippen LogP contribution in [0.3, 0.4) is 0 Å². The van der Waals surface area contributed by atoms with Crippen LogP contribution in [-0.4, -0.2) is 38.5 Å². The molecule has 0 aromatic rings. The van der Waals surface area contributed by atoms with Gasteiger partial charge in [0, 0.05) is 19.2 Å². The van der Waals surface area contributed by atoms with E-state index in [2.05, 4.69) is 19.2 Å². The van der Waals surface area contributed by atoms with Crippen molar-refractivity contribution in [3.05, 3.63) is 0 Å². The summed E-state index contributed by atoms with van der Waals surface area (Å²) in [6.45, 7) is 7.81. The van der Waals surface area contributed by atoms with Gasteiger partial charge in [-0.05, 0) is 32.6 Å². The Hall–Kier alpha value is -0.120. The normalized spacial score (nSPS) is 24.0. The van der Waals surface area contributed by atoms with Crippen molar-refractivity contribution in [2.75, 3.05) is 26.4 Å². The molecule has 1 heterocycles. The molecular formula is C12H25NO2. The topological polar surface area (TPSA) is 30.5 Å². The van der Waals surface area contributed by atoms with E-state index in [4.69, 9.17) is 9.47 Å². The molecule has 0 saturated carbocycles. The lowest BCUT2D eigenvalue weighted by atomic mass is 10.1. The second kappa shape index (κ2) is 8.08. The van der Waals surface area contributed by atoms with E-state index >= 15 is 0 Å². The molecule has 2 atom stereocenters. The van der Waals surface area contributed by atoms with Gasteiger partial charge in [0.05, 0.1) is 19.3 Å². The van der Waals surface area contributed by atoms with Crippen molar-refractivity contribution in [1.29, 1.82) is 0 Å². The van der Waals surface area contributed by atoms with Gasteiger partial charge in [0.25, 0.3) is 0 Å². The lowest BCUT2D eigenvalue weighted by molar-refractivity contribution is -0.0400. The van der Waals surface area contributed by atoms with Gasteiger partial charge in [-0.3, -0.25) is 0 Å². The van der Waals surface area contributed by atoms with Gasteiger partial charge in [0.2, 0.25) is 0 Å². The predicted molar refractivity (Wildman–Crippen MR) is 62.2 cm³/mol. The van der Waals surface area contributed by atoms with Crippen LogP contribution in [0.5, 0.6) is 0 Å². The molecular weight excluding hydrogens is 190 g/mol. The Morgan fingerprint density at radius 3 is 3.00 bits per heavy atom. The number of ether oxygens (including phenoxy) is 2. The molecule has 1 saturated heterocycles. The zero-order valence-corrected chi connectivity index (χ0v) is 10.1. The lowest BCUT2D eigenvalue weighted by Gasteiger charge is -2.22. The van der Waals surface area contributed by atoms with Crippen molar-refractivity contribution in [1.82, 2.24) is 5.32 Å². The van der Waals surface area contributed by atoms with Crippen molar-refractivity contribution in [2.24, 2.45) is 0 Å². The Kier molecular flexibility index (Phi) is 6.98. The van der Waals surface area contributed by atoms with Crippen molar-refractivity contribution in [2.45, 2.75) is 51.7 Å². The molecule has 0 radical (unpaired) electrons. The maximum atomic E-state index is 5.58. The van der Waals surface area contributed by atoms with Gasteiger partial charge in [-0.1, -0.05) is 6.92 Å². The Labute approximate surface area is 93.5 Å². The minimum absolute atomic E-state index is 0.349. The third kappa shape index (κ3) is 6.13. The largest absolute Gasteiger partial charge is 0.377 e. The van der Waals surface area contributed by atoms with E-state index in [0.717, 1.165) is 26.4 Å². The minimum Gasteiger partial charge on any atom is -0.377 e. The first-order chi connectivity index (χ1) is 7.33. The first-order valence-electron chi connectivity index (χ1n) is 6.25. The van der Waals surface area contributed by atoms with Crippen LogP contribution in [0, 0.1) is 0 Å². The summed E-state index contributed by atoms with van der Waals surface area (Å²) in [5.41, 5.74) is 0. The molecule has 0 spiro atoms. The van der Waals surface area contributed by atoms with E-state index in [1.807, 2.05) is 0 Å². The summed E-state index contributed by atoms with van der Waals surface area (Å²) in [7, 11) is 0. The standard InChI is InChI=1S/C12H25NO2/c1-3-11(2)13-7-9-14-10-12-6-4-5-8-15-12/h11-13H,3-10H2,1-2H3. The molecule has 0 aliphatic carbocycles. The summed E-state index contributed by atoms with van der Waals surface area (Å²) in [5, 5.41) is 3.40. The molecule has 1 fully saturated rings. The average Bonchev–Trinajstić information content (AvgIpc) is 2.29. The summed E-state index contributed by atoms with van der Waals surface area (Å²) in [5.74, 6) is 0. The summed E-state index contributed by atoms with van der Waals surface area (Å²) in [6, 6.07) is 0.597. The highest BCUT2D eigenvalue weighted by Crippen LogP contribution is 2.12. The van der Waals surface area contributed by atoms with E-state index in [1.54, 1.807) is 0 Å². The number of hydrogen-bond donors (Lipinski definition) is 1. The van der Waals surface area contributed by atoms with Crippen LogP contribution in [0.2, 0.25) is 0 Å². The van der Waals surface area contributed by atoms with Crippen molar-refractivity contribution >= 4 is 0 Å². The molecule has 1 aliphatic heterocycles. The summed E-state index contributed by atoms with van der Waals surface area (Å²) in [6.07, 6.45) is 5.19. The highest BCUT2D eigenvalue weighted by Gasteiger charge is 2.13. The van der Waals surface area contributed by atoms with Crippen LogP contribution < -0.4 is 5.32 Å². The zero-order valence-electron chi connectivity index (χ0n) is 10.1. The summed E-state index contributed by atoms with van der Waals surface area (Å²) in [4.78, 5) is 0. The first kappa shape index (κ1) is 12.9. The van der Waals surface area contributed by atoms with Crippen LogP contribution >= 0.6 is 0 Å². The molecule has 0 aromatic heterocycles. The van der Waals surface area contributed by atoms with Gasteiger partial charge in [0.1, 0.15) is 0 Å². The molecule has 15 heavy (non-hydrogen) atoms. The fourth-order valence-electron chi connectivity index (χ4n) is 1.68. The molecule has 90 valence electrons. The van der Waals surface area contributed by atoms with Crippen molar-refractivity contribution < 1.29 is 9.47 Å². The number of nitrogens with one attached hydrogen (secondary N) is 1. The third-order valence-corrected chi connectivity index (χ3v) is 2.93. The van der Waals surface area contributed by atoms with Gasteiger partial charge in [-0.2, -0.15) is 0 Å². The summed E-state index contributed by atoms with van der Waals surface area (Å²) >= 11 is 0. The molecule has 3 nitrogen and oxygen atoms in total. The molecule has 0 aromatic carbocycles. The van der Waals surface area contributed by atoms with E-state index in [-0.39, 0.29) is 0 Å². The highest BCUT2D eigenvalue weighted by atomic mass is 16.5. The van der Waals surface area contributed by atoms with Gasteiger partial charge in [0.15, 0.2) is 0 Å². The number of hydrogen-bond acceptors (Lipinski definition) is 3. The molecule has 1 N–H and O–H groups in total. The molecule has 3 heteroatoms. The molecule has 1 rings (SSSR count). The Bertz CT molecular complexity index is 147. The molecule has 1 aliphatic rings. The number of rotatable bonds is 7. The Morgan fingerprint density at radius 1 is 1.47 bits per heavy atom. The Morgan fingerprint density at radius 2 is 2.33 bits per heavy atom. The molecule has 2 unspecified atom stereocenters. The molecule has 0 bridgehead atoms. The smallest absolute Gasteiger partial charge is 0.0808 e. The maximum Gasteiger partial charge on any atom is 0.0808 e. The lowest BCUT2D eigenvalue weighted by Crippen LogP contribution is -2.30. The van der Waals surface area contributed by atoms with Crippen LogP contribution in [0.4, 0.5) is 0 Å². The fourth-order valence-corrected chi connectivity index (χ4v) is 1.68. The van der Waals surface area contributed by atoms with Gasteiger partial charge in [-0.15, -0.1) is 0 Å². The van der Waals surface area contributed by atoms with Crippen LogP contribution in [0.15, 0.2) is 0 Å². The quantitative estimate of drug-likeness (QED) is 0.659. The monoisotopic (exact) mass is 215 g/mol. The predicted octanol–water partition coefficient (Wildman–Crippen LogP) is 1.96. The third-order valence-electron chi connectivity index (χ3n) is 2.93. The first-order valence-corrected chi connectivity index (χ1v) is 6.25. The van der Waals surface area contributed by atoms with E-state index in [1.165, 1.54) is 25.7 Å². The Balaban J connectivity index is 1.87. The van der Waals surface area contributed by atoms with Crippen molar-refractivity contribution in [3.63, 3.8) is 0 Å². The van der Waals surface area contributed by atoms with Crippen LogP contribution in [-0.2, 0) is 9.47 Å². The van der Waals surface area contributed by atoms with Crippen LogP contribution in [0.1, 0.15) is 39.5 Å². The van der Waals surface area contributed by atoms with E-state index in [9.17, 15) is 0 Å². The second-order valence-electron chi connectivity index (χ2n) is 4.33. The van der Waals surface area contributed by atoms with Gasteiger partial charge in [-0.25, -0.2) is 0 Å².